The Balaban J connectivity index is 1.52. The summed E-state index contributed by atoms with van der Waals surface area (Å²) in [6, 6.07) is 3.65. The van der Waals surface area contributed by atoms with E-state index < -0.39 is 0 Å². The van der Waals surface area contributed by atoms with Gasteiger partial charge >= 0.3 is 6.03 Å². The van der Waals surface area contributed by atoms with Crippen LogP contribution in [0.4, 0.5) is 4.79 Å². The number of urea groups is 1. The van der Waals surface area contributed by atoms with Crippen LogP contribution in [0.15, 0.2) is 18.3 Å². The van der Waals surface area contributed by atoms with Crippen molar-refractivity contribution in [2.45, 2.75) is 19.4 Å². The molecule has 3 rings (SSSR count). The summed E-state index contributed by atoms with van der Waals surface area (Å²) >= 11 is 0. The molecule has 0 radical (unpaired) electrons. The van der Waals surface area contributed by atoms with E-state index in [1.807, 2.05) is 17.9 Å². The SMILES string of the molecule is Cc1ccc(C(=O)N2CC[C@@H](NC(=O)N3CCNCC3)C2)cn1. The third-order valence-corrected chi connectivity index (χ3v) is 4.37. The molecule has 1 aromatic rings. The lowest BCUT2D eigenvalue weighted by molar-refractivity contribution is 0.0788. The number of nitrogens with one attached hydrogen (secondary N) is 2. The van der Waals surface area contributed by atoms with Crippen LogP contribution in [0.1, 0.15) is 22.5 Å². The highest BCUT2D eigenvalue weighted by Crippen LogP contribution is 2.14. The van der Waals surface area contributed by atoms with Gasteiger partial charge in [-0.15, -0.1) is 0 Å². The molecule has 0 unspecified atom stereocenters. The van der Waals surface area contributed by atoms with E-state index >= 15 is 0 Å². The van der Waals surface area contributed by atoms with E-state index in [1.165, 1.54) is 0 Å². The maximum absolute atomic E-state index is 12.4. The van der Waals surface area contributed by atoms with Crippen molar-refractivity contribution in [3.8, 4) is 0 Å². The summed E-state index contributed by atoms with van der Waals surface area (Å²) in [5, 5.41) is 6.27. The zero-order chi connectivity index (χ0) is 16.2. The fourth-order valence-corrected chi connectivity index (χ4v) is 2.97. The van der Waals surface area contributed by atoms with Crippen LogP contribution in [0.3, 0.4) is 0 Å². The highest BCUT2D eigenvalue weighted by molar-refractivity contribution is 5.94. The predicted octanol–water partition coefficient (Wildman–Crippen LogP) is 0.219. The Morgan fingerprint density at radius 1 is 1.22 bits per heavy atom. The number of pyridine rings is 1. The number of aryl methyl sites for hydroxylation is 1. The molecule has 3 amide bonds. The number of amides is 3. The second-order valence-corrected chi connectivity index (χ2v) is 6.11. The molecule has 124 valence electrons. The highest BCUT2D eigenvalue weighted by Gasteiger charge is 2.29. The van der Waals surface area contributed by atoms with E-state index in [-0.39, 0.29) is 18.0 Å². The highest BCUT2D eigenvalue weighted by atomic mass is 16.2. The minimum atomic E-state index is -0.0252. The van der Waals surface area contributed by atoms with Crippen molar-refractivity contribution < 1.29 is 9.59 Å². The van der Waals surface area contributed by atoms with Gasteiger partial charge in [0.05, 0.1) is 5.56 Å². The molecular weight excluding hydrogens is 294 g/mol. The zero-order valence-electron chi connectivity index (χ0n) is 13.4. The number of nitrogens with zero attached hydrogens (tertiary/aromatic N) is 3. The molecule has 0 aliphatic carbocycles. The molecular formula is C16H23N5O2. The first-order chi connectivity index (χ1) is 11.1. The molecule has 2 aliphatic rings. The molecule has 3 heterocycles. The molecule has 7 heteroatoms. The van der Waals surface area contributed by atoms with Crippen LogP contribution in [0, 0.1) is 6.92 Å². The van der Waals surface area contributed by atoms with E-state index in [0.717, 1.165) is 38.3 Å². The Hall–Kier alpha value is -2.15. The quantitative estimate of drug-likeness (QED) is 0.818. The van der Waals surface area contributed by atoms with Crippen molar-refractivity contribution >= 4 is 11.9 Å². The number of aromatic nitrogens is 1. The molecule has 7 nitrogen and oxygen atoms in total. The van der Waals surface area contributed by atoms with Gasteiger partial charge in [-0.25, -0.2) is 4.79 Å². The van der Waals surface area contributed by atoms with Crippen LogP contribution in [-0.4, -0.2) is 72.0 Å². The smallest absolute Gasteiger partial charge is 0.317 e. The van der Waals surface area contributed by atoms with Crippen molar-refractivity contribution in [2.24, 2.45) is 0 Å². The Morgan fingerprint density at radius 3 is 2.70 bits per heavy atom. The molecule has 0 bridgehead atoms. The number of hydrogen-bond donors (Lipinski definition) is 2. The van der Waals surface area contributed by atoms with E-state index in [2.05, 4.69) is 15.6 Å². The van der Waals surface area contributed by atoms with Crippen molar-refractivity contribution in [3.05, 3.63) is 29.6 Å². The van der Waals surface area contributed by atoms with Gasteiger partial charge in [-0.05, 0) is 25.5 Å². The molecule has 2 fully saturated rings. The summed E-state index contributed by atoms with van der Waals surface area (Å²) in [6.07, 6.45) is 2.41. The Labute approximate surface area is 136 Å². The van der Waals surface area contributed by atoms with Gasteiger partial charge in [-0.1, -0.05) is 0 Å². The molecule has 2 N–H and O–H groups in total. The lowest BCUT2D eigenvalue weighted by Crippen LogP contribution is -2.52. The van der Waals surface area contributed by atoms with Gasteiger partial charge in [0.2, 0.25) is 0 Å². The Kier molecular flexibility index (Phi) is 4.76. The molecule has 0 saturated carbocycles. The average Bonchev–Trinajstić information content (AvgIpc) is 3.04. The minimum absolute atomic E-state index is 0.0172. The lowest BCUT2D eigenvalue weighted by Gasteiger charge is -2.28. The summed E-state index contributed by atoms with van der Waals surface area (Å²) in [4.78, 5) is 32.4. The lowest BCUT2D eigenvalue weighted by atomic mass is 10.2. The summed E-state index contributed by atoms with van der Waals surface area (Å²) in [7, 11) is 0. The minimum Gasteiger partial charge on any atom is -0.336 e. The summed E-state index contributed by atoms with van der Waals surface area (Å²) < 4.78 is 0. The van der Waals surface area contributed by atoms with Crippen LogP contribution >= 0.6 is 0 Å². The molecule has 23 heavy (non-hydrogen) atoms. The number of rotatable bonds is 2. The first kappa shape index (κ1) is 15.7. The number of carbonyl (C=O) groups excluding carboxylic acids is 2. The summed E-state index contributed by atoms with van der Waals surface area (Å²) in [5.74, 6) is -0.0172. The second kappa shape index (κ2) is 6.95. The number of hydrogen-bond acceptors (Lipinski definition) is 4. The molecule has 0 spiro atoms. The van der Waals surface area contributed by atoms with Crippen LogP contribution in [0.25, 0.3) is 0 Å². The first-order valence-electron chi connectivity index (χ1n) is 8.11. The van der Waals surface area contributed by atoms with Gasteiger partial charge < -0.3 is 20.4 Å². The number of carbonyl (C=O) groups is 2. The summed E-state index contributed by atoms with van der Waals surface area (Å²) in [5.41, 5.74) is 1.49. The standard InChI is InChI=1S/C16H23N5O2/c1-12-2-3-13(10-18-12)15(22)21-7-4-14(11-21)19-16(23)20-8-5-17-6-9-20/h2-3,10,14,17H,4-9,11H2,1H3,(H,19,23)/t14-/m1/s1. The average molecular weight is 317 g/mol. The van der Waals surface area contributed by atoms with Crippen LogP contribution < -0.4 is 10.6 Å². The van der Waals surface area contributed by atoms with Crippen molar-refractivity contribution in [1.29, 1.82) is 0 Å². The van der Waals surface area contributed by atoms with E-state index in [1.54, 1.807) is 17.2 Å². The monoisotopic (exact) mass is 317 g/mol. The van der Waals surface area contributed by atoms with Gasteiger partial charge in [-0.2, -0.15) is 0 Å². The maximum Gasteiger partial charge on any atom is 0.317 e. The summed E-state index contributed by atoms with van der Waals surface area (Å²) in [6.45, 7) is 6.26. The maximum atomic E-state index is 12.4. The van der Waals surface area contributed by atoms with Crippen LogP contribution in [0.5, 0.6) is 0 Å². The zero-order valence-corrected chi connectivity index (χ0v) is 13.4. The van der Waals surface area contributed by atoms with Gasteiger partial charge in [0.25, 0.3) is 5.91 Å². The van der Waals surface area contributed by atoms with Crippen molar-refractivity contribution in [1.82, 2.24) is 25.4 Å². The van der Waals surface area contributed by atoms with Crippen molar-refractivity contribution in [3.63, 3.8) is 0 Å². The van der Waals surface area contributed by atoms with Gasteiger partial charge in [0.15, 0.2) is 0 Å². The van der Waals surface area contributed by atoms with E-state index in [0.29, 0.717) is 18.7 Å². The number of likely N-dealkylation sites (tertiary alicyclic amines) is 1. The predicted molar refractivity (Wildman–Crippen MR) is 86.3 cm³/mol. The van der Waals surface area contributed by atoms with Gasteiger partial charge in [0.1, 0.15) is 0 Å². The molecule has 2 saturated heterocycles. The molecule has 2 aliphatic heterocycles. The Morgan fingerprint density at radius 2 is 2.00 bits per heavy atom. The molecule has 1 atom stereocenters. The second-order valence-electron chi connectivity index (χ2n) is 6.11. The first-order valence-corrected chi connectivity index (χ1v) is 8.11. The van der Waals surface area contributed by atoms with E-state index in [9.17, 15) is 9.59 Å². The van der Waals surface area contributed by atoms with Crippen LogP contribution in [0.2, 0.25) is 0 Å². The molecule has 0 aromatic carbocycles. The Bertz CT molecular complexity index is 568. The van der Waals surface area contributed by atoms with Gasteiger partial charge in [0, 0.05) is 57.2 Å². The van der Waals surface area contributed by atoms with Gasteiger partial charge in [-0.3, -0.25) is 9.78 Å². The topological polar surface area (TPSA) is 77.6 Å². The third kappa shape index (κ3) is 3.79. The number of piperazine rings is 1. The van der Waals surface area contributed by atoms with E-state index in [4.69, 9.17) is 0 Å². The fraction of sp³-hybridized carbons (Fsp3) is 0.562. The third-order valence-electron chi connectivity index (χ3n) is 4.37. The van der Waals surface area contributed by atoms with Crippen LogP contribution in [-0.2, 0) is 0 Å². The fourth-order valence-electron chi connectivity index (χ4n) is 2.97. The largest absolute Gasteiger partial charge is 0.336 e. The van der Waals surface area contributed by atoms with Crippen molar-refractivity contribution in [2.75, 3.05) is 39.3 Å². The normalized spacial score (nSPS) is 21.3. The molecule has 1 aromatic heterocycles.